The van der Waals surface area contributed by atoms with Gasteiger partial charge in [0.15, 0.2) is 11.5 Å². The normalized spacial score (nSPS) is 22.1. The van der Waals surface area contributed by atoms with Crippen molar-refractivity contribution in [1.29, 1.82) is 0 Å². The number of ether oxygens (including phenoxy) is 2. The molecule has 2 aliphatic heterocycles. The quantitative estimate of drug-likeness (QED) is 0.779. The van der Waals surface area contributed by atoms with E-state index >= 15 is 0 Å². The first kappa shape index (κ1) is 11.7. The van der Waals surface area contributed by atoms with E-state index in [4.69, 9.17) is 9.47 Å². The molecule has 0 radical (unpaired) electrons. The smallest absolute Gasteiger partial charge is 0.220 e. The Labute approximate surface area is 110 Å². The second-order valence-electron chi connectivity index (χ2n) is 4.34. The molecule has 0 aromatic heterocycles. The second-order valence-corrected chi connectivity index (χ2v) is 5.53. The molecular formula is C13H15NO3S. The molecule has 1 atom stereocenters. The van der Waals surface area contributed by atoms with E-state index in [2.05, 4.69) is 0 Å². The molecule has 0 aliphatic carbocycles. The second kappa shape index (κ2) is 4.72. The van der Waals surface area contributed by atoms with Crippen LogP contribution in [0.2, 0.25) is 0 Å². The summed E-state index contributed by atoms with van der Waals surface area (Å²) in [6.07, 6.45) is 0. The molecule has 1 aromatic rings. The Morgan fingerprint density at radius 1 is 1.33 bits per heavy atom. The van der Waals surface area contributed by atoms with Crippen molar-refractivity contribution in [2.45, 2.75) is 12.3 Å². The van der Waals surface area contributed by atoms with Crippen molar-refractivity contribution in [2.75, 3.05) is 25.5 Å². The van der Waals surface area contributed by atoms with Gasteiger partial charge in [-0.25, -0.2) is 0 Å². The molecule has 0 N–H and O–H groups in total. The van der Waals surface area contributed by atoms with Crippen molar-refractivity contribution >= 4 is 17.7 Å². The number of hydrogen-bond donors (Lipinski definition) is 0. The van der Waals surface area contributed by atoms with Gasteiger partial charge < -0.3 is 14.4 Å². The molecule has 1 saturated heterocycles. The van der Waals surface area contributed by atoms with Crippen molar-refractivity contribution in [2.24, 2.45) is 0 Å². The van der Waals surface area contributed by atoms with Crippen LogP contribution in [-0.4, -0.2) is 36.3 Å². The molecular weight excluding hydrogens is 250 g/mol. The highest BCUT2D eigenvalue weighted by atomic mass is 32.2. The number of carbonyl (C=O) groups excluding carboxylic acids is 1. The maximum atomic E-state index is 11.6. The number of fused-ring (bicyclic) bond motifs is 1. The van der Waals surface area contributed by atoms with E-state index < -0.39 is 0 Å². The van der Waals surface area contributed by atoms with E-state index in [-0.39, 0.29) is 11.3 Å². The van der Waals surface area contributed by atoms with Gasteiger partial charge in [-0.3, -0.25) is 4.79 Å². The molecule has 96 valence electrons. The summed E-state index contributed by atoms with van der Waals surface area (Å²) >= 11 is 1.79. The first-order valence-electron chi connectivity index (χ1n) is 6.04. The zero-order chi connectivity index (χ0) is 12.5. The Balaban J connectivity index is 1.90. The standard InChI is InChI=1S/C13H15NO3S/c1-9(15)14-4-7-18-13(14)10-2-3-11-12(8-10)17-6-5-16-11/h2-3,8,13H,4-7H2,1H3. The summed E-state index contributed by atoms with van der Waals surface area (Å²) in [5, 5.41) is 0.110. The lowest BCUT2D eigenvalue weighted by Gasteiger charge is -2.24. The SMILES string of the molecule is CC(=O)N1CCSC1c1ccc2c(c1)OCCO2. The summed E-state index contributed by atoms with van der Waals surface area (Å²) in [5.41, 5.74) is 1.11. The van der Waals surface area contributed by atoms with Gasteiger partial charge in [0.25, 0.3) is 0 Å². The van der Waals surface area contributed by atoms with E-state index in [9.17, 15) is 4.79 Å². The Bertz CT molecular complexity index is 477. The van der Waals surface area contributed by atoms with Gasteiger partial charge in [0.2, 0.25) is 5.91 Å². The minimum atomic E-state index is 0.110. The predicted octanol–water partition coefficient (Wildman–Crippen LogP) is 2.05. The van der Waals surface area contributed by atoms with Crippen LogP contribution in [0.4, 0.5) is 0 Å². The van der Waals surface area contributed by atoms with Crippen molar-refractivity contribution in [3.63, 3.8) is 0 Å². The van der Waals surface area contributed by atoms with Crippen LogP contribution >= 0.6 is 11.8 Å². The van der Waals surface area contributed by atoms with Gasteiger partial charge >= 0.3 is 0 Å². The number of rotatable bonds is 1. The summed E-state index contributed by atoms with van der Waals surface area (Å²) < 4.78 is 11.1. The number of hydrogen-bond acceptors (Lipinski definition) is 4. The molecule has 2 aliphatic rings. The van der Waals surface area contributed by atoms with Gasteiger partial charge in [0.05, 0.1) is 0 Å². The largest absolute Gasteiger partial charge is 0.486 e. The van der Waals surface area contributed by atoms with Crippen LogP contribution in [0.25, 0.3) is 0 Å². The van der Waals surface area contributed by atoms with Crippen LogP contribution in [0.15, 0.2) is 18.2 Å². The fourth-order valence-corrected chi connectivity index (χ4v) is 3.58. The highest BCUT2D eigenvalue weighted by Crippen LogP contribution is 2.41. The molecule has 5 heteroatoms. The van der Waals surface area contributed by atoms with Gasteiger partial charge in [-0.1, -0.05) is 6.07 Å². The summed E-state index contributed by atoms with van der Waals surface area (Å²) in [6.45, 7) is 3.63. The first-order chi connectivity index (χ1) is 8.75. The Morgan fingerprint density at radius 2 is 2.11 bits per heavy atom. The lowest BCUT2D eigenvalue weighted by molar-refractivity contribution is -0.128. The zero-order valence-corrected chi connectivity index (χ0v) is 11.0. The Kier molecular flexibility index (Phi) is 3.07. The third kappa shape index (κ3) is 2.03. The number of amides is 1. The van der Waals surface area contributed by atoms with E-state index in [1.807, 2.05) is 23.1 Å². The molecule has 0 bridgehead atoms. The van der Waals surface area contributed by atoms with E-state index in [0.717, 1.165) is 29.4 Å². The van der Waals surface area contributed by atoms with Gasteiger partial charge in [-0.05, 0) is 17.7 Å². The van der Waals surface area contributed by atoms with Crippen molar-refractivity contribution in [1.82, 2.24) is 4.90 Å². The fraction of sp³-hybridized carbons (Fsp3) is 0.462. The molecule has 1 amide bonds. The van der Waals surface area contributed by atoms with Crippen LogP contribution in [0.3, 0.4) is 0 Å². The minimum absolute atomic E-state index is 0.110. The number of benzene rings is 1. The maximum Gasteiger partial charge on any atom is 0.220 e. The first-order valence-corrected chi connectivity index (χ1v) is 7.09. The molecule has 4 nitrogen and oxygen atoms in total. The van der Waals surface area contributed by atoms with E-state index in [1.165, 1.54) is 0 Å². The molecule has 2 heterocycles. The van der Waals surface area contributed by atoms with Gasteiger partial charge in [0, 0.05) is 19.2 Å². The fourth-order valence-electron chi connectivity index (χ4n) is 2.28. The highest BCUT2D eigenvalue weighted by Gasteiger charge is 2.29. The van der Waals surface area contributed by atoms with Crippen LogP contribution in [-0.2, 0) is 4.79 Å². The van der Waals surface area contributed by atoms with Crippen LogP contribution in [0.5, 0.6) is 11.5 Å². The summed E-state index contributed by atoms with van der Waals surface area (Å²) in [5.74, 6) is 2.69. The number of nitrogens with zero attached hydrogens (tertiary/aromatic N) is 1. The topological polar surface area (TPSA) is 38.8 Å². The van der Waals surface area contributed by atoms with Crippen molar-refractivity contribution in [3.05, 3.63) is 23.8 Å². The van der Waals surface area contributed by atoms with Crippen LogP contribution in [0, 0.1) is 0 Å². The average Bonchev–Trinajstić information content (AvgIpc) is 2.87. The third-order valence-corrected chi connectivity index (χ3v) is 4.41. The van der Waals surface area contributed by atoms with Gasteiger partial charge in [-0.15, -0.1) is 11.8 Å². The number of thioether (sulfide) groups is 1. The monoisotopic (exact) mass is 265 g/mol. The van der Waals surface area contributed by atoms with Crippen LogP contribution in [0.1, 0.15) is 17.9 Å². The number of carbonyl (C=O) groups is 1. The summed E-state index contributed by atoms with van der Waals surface area (Å²) in [4.78, 5) is 13.5. The van der Waals surface area contributed by atoms with Gasteiger partial charge in [-0.2, -0.15) is 0 Å². The molecule has 1 unspecified atom stereocenters. The molecule has 1 aromatic carbocycles. The lowest BCUT2D eigenvalue weighted by Crippen LogP contribution is -2.28. The van der Waals surface area contributed by atoms with Crippen molar-refractivity contribution < 1.29 is 14.3 Å². The van der Waals surface area contributed by atoms with E-state index in [1.54, 1.807) is 18.7 Å². The summed E-state index contributed by atoms with van der Waals surface area (Å²) in [6, 6.07) is 5.95. The Morgan fingerprint density at radius 3 is 2.89 bits per heavy atom. The molecule has 1 fully saturated rings. The minimum Gasteiger partial charge on any atom is -0.486 e. The predicted molar refractivity (Wildman–Crippen MR) is 70.0 cm³/mol. The summed E-state index contributed by atoms with van der Waals surface area (Å²) in [7, 11) is 0. The molecule has 0 spiro atoms. The van der Waals surface area contributed by atoms with E-state index in [0.29, 0.717) is 13.2 Å². The highest BCUT2D eigenvalue weighted by molar-refractivity contribution is 7.99. The zero-order valence-electron chi connectivity index (χ0n) is 10.2. The maximum absolute atomic E-state index is 11.6. The Hall–Kier alpha value is -1.36. The molecule has 3 rings (SSSR count). The lowest BCUT2D eigenvalue weighted by atomic mass is 10.1. The van der Waals surface area contributed by atoms with Crippen LogP contribution < -0.4 is 9.47 Å². The molecule has 18 heavy (non-hydrogen) atoms. The van der Waals surface area contributed by atoms with Gasteiger partial charge in [0.1, 0.15) is 18.6 Å². The average molecular weight is 265 g/mol. The molecule has 0 saturated carbocycles. The van der Waals surface area contributed by atoms with Crippen molar-refractivity contribution in [3.8, 4) is 11.5 Å². The third-order valence-electron chi connectivity index (χ3n) is 3.15.